The number of pyridine rings is 1. The molecule has 0 saturated heterocycles. The number of anilines is 2. The first-order valence-corrected chi connectivity index (χ1v) is 14.6. The van der Waals surface area contributed by atoms with Crippen LogP contribution in [0.4, 0.5) is 11.8 Å². The summed E-state index contributed by atoms with van der Waals surface area (Å²) in [4.78, 5) is 18.2. The van der Waals surface area contributed by atoms with E-state index in [4.69, 9.17) is 4.98 Å². The zero-order valence-corrected chi connectivity index (χ0v) is 23.0. The fraction of sp³-hybridized carbons (Fsp3) is 0.565. The van der Waals surface area contributed by atoms with Crippen LogP contribution in [-0.2, 0) is 10.0 Å². The predicted molar refractivity (Wildman–Crippen MR) is 143 cm³/mol. The second kappa shape index (κ2) is 10.0. The molecule has 0 radical (unpaired) electrons. The SMILES string of the molecule is Cc1nc(NCCNS(C)(=O)=O)nc(NC2(O)CCC(C(C)(C)O)C2O)c1-c1nc2c(C)nccc2s1. The van der Waals surface area contributed by atoms with Crippen LogP contribution in [0, 0.1) is 19.8 Å². The van der Waals surface area contributed by atoms with Crippen LogP contribution in [-0.4, -0.2) is 80.4 Å². The first-order valence-electron chi connectivity index (χ1n) is 11.9. The number of aromatic nitrogens is 4. The Morgan fingerprint density at radius 3 is 2.54 bits per heavy atom. The molecule has 0 bridgehead atoms. The summed E-state index contributed by atoms with van der Waals surface area (Å²) in [5.74, 6) is -0.0750. The average molecular weight is 552 g/mol. The molecule has 0 aliphatic heterocycles. The molecule has 0 spiro atoms. The summed E-state index contributed by atoms with van der Waals surface area (Å²) in [6.45, 7) is 7.24. The Bertz CT molecular complexity index is 1410. The first kappa shape index (κ1) is 27.5. The number of aliphatic hydroxyl groups excluding tert-OH is 1. The summed E-state index contributed by atoms with van der Waals surface area (Å²) in [6, 6.07) is 1.87. The minimum Gasteiger partial charge on any atom is -0.390 e. The van der Waals surface area contributed by atoms with Crippen molar-refractivity contribution in [2.24, 2.45) is 5.92 Å². The van der Waals surface area contributed by atoms with Crippen molar-refractivity contribution in [1.82, 2.24) is 24.7 Å². The Morgan fingerprint density at radius 2 is 1.92 bits per heavy atom. The number of rotatable bonds is 9. The molecule has 1 aliphatic rings. The van der Waals surface area contributed by atoms with Crippen LogP contribution in [0.15, 0.2) is 12.3 Å². The lowest BCUT2D eigenvalue weighted by Gasteiger charge is -2.34. The zero-order chi connectivity index (χ0) is 27.2. The normalized spacial score (nSPS) is 22.5. The quantitative estimate of drug-likeness (QED) is 0.167. The Kier molecular flexibility index (Phi) is 7.44. The van der Waals surface area contributed by atoms with Crippen LogP contribution in [0.5, 0.6) is 0 Å². The van der Waals surface area contributed by atoms with Gasteiger partial charge in [0.2, 0.25) is 16.0 Å². The van der Waals surface area contributed by atoms with Crippen LogP contribution in [0.1, 0.15) is 38.1 Å². The molecule has 202 valence electrons. The fourth-order valence-corrected chi connectivity index (χ4v) is 6.18. The molecule has 12 nitrogen and oxygen atoms in total. The van der Waals surface area contributed by atoms with Gasteiger partial charge in [0.15, 0.2) is 5.72 Å². The average Bonchev–Trinajstić information content (AvgIpc) is 3.32. The van der Waals surface area contributed by atoms with Crippen molar-refractivity contribution in [1.29, 1.82) is 0 Å². The van der Waals surface area contributed by atoms with Gasteiger partial charge >= 0.3 is 0 Å². The van der Waals surface area contributed by atoms with Gasteiger partial charge in [-0.1, -0.05) is 0 Å². The summed E-state index contributed by atoms with van der Waals surface area (Å²) >= 11 is 1.43. The van der Waals surface area contributed by atoms with Gasteiger partial charge in [0, 0.05) is 25.2 Å². The maximum Gasteiger partial charge on any atom is 0.224 e. The number of hydrogen-bond acceptors (Lipinski definition) is 12. The number of thiazole rings is 1. The number of aryl methyl sites for hydroxylation is 2. The topological polar surface area (TPSA) is 182 Å². The van der Waals surface area contributed by atoms with Crippen LogP contribution in [0.25, 0.3) is 20.8 Å². The molecule has 4 rings (SSSR count). The molecule has 14 heteroatoms. The standard InChI is InChI=1S/C23H33N7O5S2/c1-12-16(20-28-17-13(2)24-9-7-15(17)36-20)19(29-21(27-12)25-10-11-26-37(5,34)35)30-23(33)8-6-14(18(23)31)22(3,4)32/h7,9,14,18,26,31-33H,6,8,10-11H2,1-5H3,(H2,25,27,29,30). The molecule has 3 aromatic rings. The molecule has 1 aliphatic carbocycles. The van der Waals surface area contributed by atoms with Crippen molar-refractivity contribution in [3.05, 3.63) is 23.7 Å². The zero-order valence-electron chi connectivity index (χ0n) is 21.4. The van der Waals surface area contributed by atoms with Gasteiger partial charge in [0.25, 0.3) is 0 Å². The molecule has 3 heterocycles. The lowest BCUT2D eigenvalue weighted by molar-refractivity contribution is -0.0926. The van der Waals surface area contributed by atoms with Crippen LogP contribution in [0.2, 0.25) is 0 Å². The Balaban J connectivity index is 1.73. The Morgan fingerprint density at radius 1 is 1.19 bits per heavy atom. The van der Waals surface area contributed by atoms with E-state index in [-0.39, 0.29) is 31.3 Å². The number of hydrogen-bond donors (Lipinski definition) is 6. The Hall–Kier alpha value is -2.49. The highest BCUT2D eigenvalue weighted by molar-refractivity contribution is 7.88. The lowest BCUT2D eigenvalue weighted by atomic mass is 9.87. The predicted octanol–water partition coefficient (Wildman–Crippen LogP) is 1.37. The van der Waals surface area contributed by atoms with E-state index in [1.54, 1.807) is 27.0 Å². The molecule has 3 atom stereocenters. The summed E-state index contributed by atoms with van der Waals surface area (Å²) in [7, 11) is -3.34. The molecular weight excluding hydrogens is 518 g/mol. The van der Waals surface area contributed by atoms with E-state index in [2.05, 4.69) is 30.3 Å². The third-order valence-electron chi connectivity index (χ3n) is 6.52. The minimum atomic E-state index is -3.34. The van der Waals surface area contributed by atoms with E-state index in [1.165, 1.54) is 11.3 Å². The summed E-state index contributed by atoms with van der Waals surface area (Å²) in [5, 5.41) is 39.6. The minimum absolute atomic E-state index is 0.131. The third-order valence-corrected chi connectivity index (χ3v) is 8.28. The number of nitrogens with zero attached hydrogens (tertiary/aromatic N) is 4. The molecular formula is C23H33N7O5S2. The number of aliphatic hydroxyl groups is 3. The number of nitrogens with one attached hydrogen (secondary N) is 3. The van der Waals surface area contributed by atoms with E-state index in [1.807, 2.05) is 13.0 Å². The fourth-order valence-electron chi connectivity index (χ4n) is 4.59. The molecule has 37 heavy (non-hydrogen) atoms. The van der Waals surface area contributed by atoms with Crippen LogP contribution in [0.3, 0.4) is 0 Å². The summed E-state index contributed by atoms with van der Waals surface area (Å²) in [5.41, 5.74) is -0.272. The van der Waals surface area contributed by atoms with Gasteiger partial charge in [-0.3, -0.25) is 4.98 Å². The molecule has 1 fully saturated rings. The second-order valence-electron chi connectivity index (χ2n) is 10.0. The van der Waals surface area contributed by atoms with E-state index >= 15 is 0 Å². The smallest absolute Gasteiger partial charge is 0.224 e. The van der Waals surface area contributed by atoms with E-state index in [0.29, 0.717) is 22.7 Å². The van der Waals surface area contributed by atoms with E-state index in [9.17, 15) is 23.7 Å². The highest BCUT2D eigenvalue weighted by Crippen LogP contribution is 2.43. The van der Waals surface area contributed by atoms with Gasteiger partial charge < -0.3 is 26.0 Å². The van der Waals surface area contributed by atoms with Crippen molar-refractivity contribution >= 4 is 43.3 Å². The van der Waals surface area contributed by atoms with Crippen molar-refractivity contribution in [3.63, 3.8) is 0 Å². The van der Waals surface area contributed by atoms with Gasteiger partial charge in [0.05, 0.1) is 33.5 Å². The van der Waals surface area contributed by atoms with Gasteiger partial charge in [-0.25, -0.2) is 23.1 Å². The lowest BCUT2D eigenvalue weighted by Crippen LogP contribution is -2.51. The summed E-state index contributed by atoms with van der Waals surface area (Å²) < 4.78 is 26.0. The largest absolute Gasteiger partial charge is 0.390 e. The van der Waals surface area contributed by atoms with Gasteiger partial charge in [-0.05, 0) is 46.6 Å². The van der Waals surface area contributed by atoms with Crippen molar-refractivity contribution in [2.45, 2.75) is 58.0 Å². The maximum absolute atomic E-state index is 11.4. The van der Waals surface area contributed by atoms with Gasteiger partial charge in [-0.2, -0.15) is 4.98 Å². The molecule has 3 unspecified atom stereocenters. The molecule has 6 N–H and O–H groups in total. The van der Waals surface area contributed by atoms with Crippen LogP contribution < -0.4 is 15.4 Å². The second-order valence-corrected chi connectivity index (χ2v) is 12.9. The summed E-state index contributed by atoms with van der Waals surface area (Å²) in [6.07, 6.45) is 2.13. The number of fused-ring (bicyclic) bond motifs is 1. The van der Waals surface area contributed by atoms with E-state index < -0.39 is 33.4 Å². The number of sulfonamides is 1. The van der Waals surface area contributed by atoms with Crippen molar-refractivity contribution < 1.29 is 23.7 Å². The monoisotopic (exact) mass is 551 g/mol. The molecule has 0 aromatic carbocycles. The Labute approximate surface area is 219 Å². The van der Waals surface area contributed by atoms with Crippen molar-refractivity contribution in [2.75, 3.05) is 30.0 Å². The third kappa shape index (κ3) is 5.99. The highest BCUT2D eigenvalue weighted by Gasteiger charge is 2.52. The molecule has 1 saturated carbocycles. The molecule has 0 amide bonds. The van der Waals surface area contributed by atoms with Gasteiger partial charge in [-0.15, -0.1) is 11.3 Å². The van der Waals surface area contributed by atoms with E-state index in [0.717, 1.165) is 22.2 Å². The van der Waals surface area contributed by atoms with Crippen LogP contribution >= 0.6 is 11.3 Å². The first-order chi connectivity index (χ1) is 17.2. The van der Waals surface area contributed by atoms with Crippen molar-refractivity contribution in [3.8, 4) is 10.6 Å². The maximum atomic E-state index is 11.4. The van der Waals surface area contributed by atoms with Gasteiger partial charge in [0.1, 0.15) is 22.4 Å². The molecule has 3 aromatic heterocycles. The highest BCUT2D eigenvalue weighted by atomic mass is 32.2.